The van der Waals surface area contributed by atoms with Gasteiger partial charge >= 0.3 is 0 Å². The van der Waals surface area contributed by atoms with Crippen LogP contribution in [-0.4, -0.2) is 36.0 Å². The van der Waals surface area contributed by atoms with Crippen molar-refractivity contribution in [3.05, 3.63) is 29.1 Å². The molecule has 2 aliphatic rings. The Bertz CT molecular complexity index is 651. The third-order valence-corrected chi connectivity index (χ3v) is 4.56. The molecule has 1 aliphatic carbocycles. The largest absolute Gasteiger partial charge is 0.313 e. The molecular weight excluding hydrogens is 264 g/mol. The van der Waals surface area contributed by atoms with E-state index in [4.69, 9.17) is 0 Å². The van der Waals surface area contributed by atoms with Crippen molar-refractivity contribution in [2.75, 3.05) is 6.54 Å². The summed E-state index contributed by atoms with van der Waals surface area (Å²) in [4.78, 5) is 2.42. The van der Waals surface area contributed by atoms with E-state index in [1.165, 1.54) is 29.9 Å². The standard InChI is InChI=1S/C15H22N6/c1-11-8-19(2)18-13(11)9-20-5-6-21-14(7-12-3-4-12)16-17-15(21)10-20/h8,12H,3-7,9-10H2,1-2H3. The number of hydrogen-bond acceptors (Lipinski definition) is 4. The monoisotopic (exact) mass is 286 g/mol. The second-order valence-electron chi connectivity index (χ2n) is 6.47. The van der Waals surface area contributed by atoms with Gasteiger partial charge in [0.1, 0.15) is 11.6 Å². The first-order valence-electron chi connectivity index (χ1n) is 7.81. The third kappa shape index (κ3) is 2.60. The fraction of sp³-hybridized carbons (Fsp3) is 0.667. The summed E-state index contributed by atoms with van der Waals surface area (Å²) >= 11 is 0. The van der Waals surface area contributed by atoms with Crippen LogP contribution in [0.4, 0.5) is 0 Å². The molecule has 2 aromatic rings. The fourth-order valence-electron chi connectivity index (χ4n) is 3.16. The number of hydrogen-bond donors (Lipinski definition) is 0. The van der Waals surface area contributed by atoms with Gasteiger partial charge in [-0.2, -0.15) is 5.10 Å². The Labute approximate surface area is 124 Å². The first-order valence-corrected chi connectivity index (χ1v) is 7.81. The molecule has 0 aromatic carbocycles. The Kier molecular flexibility index (Phi) is 3.06. The summed E-state index contributed by atoms with van der Waals surface area (Å²) in [5.74, 6) is 3.18. The second-order valence-corrected chi connectivity index (χ2v) is 6.47. The Balaban J connectivity index is 1.46. The van der Waals surface area contributed by atoms with E-state index < -0.39 is 0 Å². The lowest BCUT2D eigenvalue weighted by molar-refractivity contribution is 0.204. The molecule has 112 valence electrons. The van der Waals surface area contributed by atoms with Crippen molar-refractivity contribution in [2.24, 2.45) is 13.0 Å². The van der Waals surface area contributed by atoms with Crippen molar-refractivity contribution in [3.63, 3.8) is 0 Å². The Hall–Kier alpha value is -1.69. The SMILES string of the molecule is Cc1cn(C)nc1CN1CCn2c(CC3CC3)nnc2C1. The quantitative estimate of drug-likeness (QED) is 0.850. The maximum atomic E-state index is 4.55. The highest BCUT2D eigenvalue weighted by Crippen LogP contribution is 2.32. The summed E-state index contributed by atoms with van der Waals surface area (Å²) in [6.45, 7) is 5.97. The number of aryl methyl sites for hydroxylation is 2. The molecule has 21 heavy (non-hydrogen) atoms. The van der Waals surface area contributed by atoms with E-state index in [9.17, 15) is 0 Å². The van der Waals surface area contributed by atoms with Gasteiger partial charge in [-0.3, -0.25) is 9.58 Å². The zero-order valence-electron chi connectivity index (χ0n) is 12.8. The molecule has 0 atom stereocenters. The molecule has 1 aliphatic heterocycles. The fourth-order valence-corrected chi connectivity index (χ4v) is 3.16. The van der Waals surface area contributed by atoms with Crippen molar-refractivity contribution >= 4 is 0 Å². The van der Waals surface area contributed by atoms with Gasteiger partial charge in [-0.15, -0.1) is 10.2 Å². The summed E-state index contributed by atoms with van der Waals surface area (Å²) in [6, 6.07) is 0. The highest BCUT2D eigenvalue weighted by atomic mass is 15.3. The molecule has 1 saturated carbocycles. The maximum absolute atomic E-state index is 4.55. The van der Waals surface area contributed by atoms with Crippen molar-refractivity contribution in [1.29, 1.82) is 0 Å². The van der Waals surface area contributed by atoms with E-state index in [0.717, 1.165) is 44.3 Å². The average Bonchev–Trinajstić information content (AvgIpc) is 3.10. The molecule has 0 N–H and O–H groups in total. The normalized spacial score (nSPS) is 19.0. The van der Waals surface area contributed by atoms with Gasteiger partial charge < -0.3 is 4.57 Å². The predicted octanol–water partition coefficient (Wildman–Crippen LogP) is 1.29. The summed E-state index contributed by atoms with van der Waals surface area (Å²) < 4.78 is 4.23. The van der Waals surface area contributed by atoms with Crippen LogP contribution in [0.15, 0.2) is 6.20 Å². The lowest BCUT2D eigenvalue weighted by atomic mass is 10.2. The molecule has 0 bridgehead atoms. The van der Waals surface area contributed by atoms with E-state index >= 15 is 0 Å². The highest BCUT2D eigenvalue weighted by Gasteiger charge is 2.27. The number of fused-ring (bicyclic) bond motifs is 1. The topological polar surface area (TPSA) is 51.8 Å². The minimum Gasteiger partial charge on any atom is -0.313 e. The van der Waals surface area contributed by atoms with E-state index in [0.29, 0.717) is 0 Å². The van der Waals surface area contributed by atoms with Gasteiger partial charge in [0, 0.05) is 39.3 Å². The summed E-state index contributed by atoms with van der Waals surface area (Å²) in [7, 11) is 1.98. The molecule has 1 fully saturated rings. The lowest BCUT2D eigenvalue weighted by Gasteiger charge is -2.27. The zero-order chi connectivity index (χ0) is 14.4. The van der Waals surface area contributed by atoms with Crippen LogP contribution in [0, 0.1) is 12.8 Å². The molecule has 0 unspecified atom stereocenters. The van der Waals surface area contributed by atoms with Gasteiger partial charge in [0.15, 0.2) is 0 Å². The molecule has 4 rings (SSSR count). The van der Waals surface area contributed by atoms with Crippen molar-refractivity contribution in [1.82, 2.24) is 29.4 Å². The number of rotatable bonds is 4. The van der Waals surface area contributed by atoms with E-state index in [2.05, 4.69) is 37.9 Å². The van der Waals surface area contributed by atoms with Gasteiger partial charge in [0.05, 0.1) is 12.2 Å². The average molecular weight is 286 g/mol. The first-order chi connectivity index (χ1) is 10.2. The summed E-state index contributed by atoms with van der Waals surface area (Å²) in [5, 5.41) is 13.4. The van der Waals surface area contributed by atoms with Crippen LogP contribution >= 0.6 is 0 Å². The van der Waals surface area contributed by atoms with Gasteiger partial charge in [-0.1, -0.05) is 0 Å². The van der Waals surface area contributed by atoms with Crippen molar-refractivity contribution in [3.8, 4) is 0 Å². The van der Waals surface area contributed by atoms with Gasteiger partial charge in [-0.25, -0.2) is 0 Å². The zero-order valence-corrected chi connectivity index (χ0v) is 12.8. The molecular formula is C15H22N6. The molecule has 0 radical (unpaired) electrons. The third-order valence-electron chi connectivity index (χ3n) is 4.56. The summed E-state index contributed by atoms with van der Waals surface area (Å²) in [6.07, 6.45) is 5.93. The van der Waals surface area contributed by atoms with Crippen molar-refractivity contribution in [2.45, 2.75) is 45.8 Å². The first kappa shape index (κ1) is 13.0. The Morgan fingerprint density at radius 3 is 2.81 bits per heavy atom. The van der Waals surface area contributed by atoms with Crippen LogP contribution < -0.4 is 0 Å². The Morgan fingerprint density at radius 1 is 1.24 bits per heavy atom. The molecule has 0 spiro atoms. The van der Waals surface area contributed by atoms with E-state index in [1.807, 2.05) is 11.7 Å². The second kappa shape index (κ2) is 4.94. The van der Waals surface area contributed by atoms with Crippen molar-refractivity contribution < 1.29 is 0 Å². The summed E-state index contributed by atoms with van der Waals surface area (Å²) in [5.41, 5.74) is 2.43. The molecule has 6 nitrogen and oxygen atoms in total. The highest BCUT2D eigenvalue weighted by molar-refractivity contribution is 5.15. The minimum absolute atomic E-state index is 0.868. The molecule has 3 heterocycles. The van der Waals surface area contributed by atoms with Gasteiger partial charge in [-0.05, 0) is 31.2 Å². The Morgan fingerprint density at radius 2 is 2.10 bits per heavy atom. The molecule has 2 aromatic heterocycles. The van der Waals surface area contributed by atoms with E-state index in [1.54, 1.807) is 0 Å². The van der Waals surface area contributed by atoms with Crippen LogP contribution in [0.1, 0.15) is 35.7 Å². The smallest absolute Gasteiger partial charge is 0.147 e. The minimum atomic E-state index is 0.868. The molecule has 0 amide bonds. The van der Waals surface area contributed by atoms with E-state index in [-0.39, 0.29) is 0 Å². The van der Waals surface area contributed by atoms with Crippen LogP contribution in [0.3, 0.4) is 0 Å². The van der Waals surface area contributed by atoms with Crippen LogP contribution in [-0.2, 0) is 33.1 Å². The number of nitrogens with zero attached hydrogens (tertiary/aromatic N) is 6. The van der Waals surface area contributed by atoms with Crippen LogP contribution in [0.5, 0.6) is 0 Å². The molecule has 0 saturated heterocycles. The van der Waals surface area contributed by atoms with Crippen LogP contribution in [0.25, 0.3) is 0 Å². The van der Waals surface area contributed by atoms with Gasteiger partial charge in [0.25, 0.3) is 0 Å². The predicted molar refractivity (Wildman–Crippen MR) is 78.5 cm³/mol. The van der Waals surface area contributed by atoms with Crippen LogP contribution in [0.2, 0.25) is 0 Å². The molecule has 6 heteroatoms. The lowest BCUT2D eigenvalue weighted by Crippen LogP contribution is -2.34. The van der Waals surface area contributed by atoms with Gasteiger partial charge in [0.2, 0.25) is 0 Å². The number of aromatic nitrogens is 5. The maximum Gasteiger partial charge on any atom is 0.147 e.